The molecule has 0 aromatic heterocycles. The van der Waals surface area contributed by atoms with E-state index in [4.69, 9.17) is 0 Å². The molecule has 0 bridgehead atoms. The van der Waals surface area contributed by atoms with Gasteiger partial charge in [-0.15, -0.1) is 0 Å². The van der Waals surface area contributed by atoms with Crippen molar-refractivity contribution < 1.29 is 9.90 Å². The van der Waals surface area contributed by atoms with Crippen molar-refractivity contribution in [1.29, 1.82) is 0 Å². The van der Waals surface area contributed by atoms with Gasteiger partial charge < -0.3 is 15.3 Å². The summed E-state index contributed by atoms with van der Waals surface area (Å²) in [5, 5.41) is 12.6. The van der Waals surface area contributed by atoms with Crippen LogP contribution in [0.25, 0.3) is 5.57 Å². The van der Waals surface area contributed by atoms with E-state index in [0.717, 1.165) is 24.1 Å². The minimum Gasteiger partial charge on any atom is -0.508 e. The SMILES string of the molecule is CC(NC(=O)N1CCC=C(c2ccccc2)C1)c1cccc(O)c1. The molecule has 2 amide bonds. The summed E-state index contributed by atoms with van der Waals surface area (Å²) >= 11 is 0. The number of nitrogens with one attached hydrogen (secondary N) is 1. The molecular formula is C20H22N2O2. The summed E-state index contributed by atoms with van der Waals surface area (Å²) in [5.74, 6) is 0.209. The predicted molar refractivity (Wildman–Crippen MR) is 95.7 cm³/mol. The predicted octanol–water partition coefficient (Wildman–Crippen LogP) is 3.95. The van der Waals surface area contributed by atoms with Crippen LogP contribution >= 0.6 is 0 Å². The number of phenols is 1. The fourth-order valence-electron chi connectivity index (χ4n) is 2.93. The molecule has 124 valence electrons. The van der Waals surface area contributed by atoms with E-state index in [-0.39, 0.29) is 17.8 Å². The van der Waals surface area contributed by atoms with Crippen molar-refractivity contribution >= 4 is 11.6 Å². The van der Waals surface area contributed by atoms with E-state index < -0.39 is 0 Å². The van der Waals surface area contributed by atoms with Crippen molar-refractivity contribution in [3.63, 3.8) is 0 Å². The zero-order chi connectivity index (χ0) is 16.9. The van der Waals surface area contributed by atoms with Crippen molar-refractivity contribution in [2.45, 2.75) is 19.4 Å². The van der Waals surface area contributed by atoms with Gasteiger partial charge in [0, 0.05) is 13.1 Å². The van der Waals surface area contributed by atoms with Crippen LogP contribution in [-0.4, -0.2) is 29.1 Å². The lowest BCUT2D eigenvalue weighted by atomic mass is 10.0. The van der Waals surface area contributed by atoms with Crippen molar-refractivity contribution in [3.8, 4) is 5.75 Å². The van der Waals surface area contributed by atoms with Crippen LogP contribution in [0.1, 0.15) is 30.5 Å². The Morgan fingerprint density at radius 1 is 1.17 bits per heavy atom. The topological polar surface area (TPSA) is 52.6 Å². The molecule has 0 fully saturated rings. The van der Waals surface area contributed by atoms with E-state index in [1.54, 1.807) is 18.2 Å². The molecule has 1 unspecified atom stereocenters. The lowest BCUT2D eigenvalue weighted by molar-refractivity contribution is 0.200. The quantitative estimate of drug-likeness (QED) is 0.899. The molecule has 0 spiro atoms. The Balaban J connectivity index is 1.64. The molecule has 2 aromatic carbocycles. The molecule has 1 aliphatic heterocycles. The Bertz CT molecular complexity index is 740. The van der Waals surface area contributed by atoms with Gasteiger partial charge in [0.25, 0.3) is 0 Å². The van der Waals surface area contributed by atoms with Crippen LogP contribution in [0.15, 0.2) is 60.7 Å². The van der Waals surface area contributed by atoms with Crippen LogP contribution < -0.4 is 5.32 Å². The molecule has 2 N–H and O–H groups in total. The molecule has 0 radical (unpaired) electrons. The normalized spacial score (nSPS) is 15.5. The summed E-state index contributed by atoms with van der Waals surface area (Å²) in [6.45, 7) is 3.25. The van der Waals surface area contributed by atoms with Crippen molar-refractivity contribution in [1.82, 2.24) is 10.2 Å². The molecule has 4 nitrogen and oxygen atoms in total. The standard InChI is InChI=1S/C20H22N2O2/c1-15(17-9-5-11-19(23)13-17)21-20(24)22-12-6-10-18(14-22)16-7-3-2-4-8-16/h2-5,7-11,13,15,23H,6,12,14H2,1H3,(H,21,24). The van der Waals surface area contributed by atoms with Crippen LogP contribution in [0.3, 0.4) is 0 Å². The number of carbonyl (C=O) groups is 1. The lowest BCUT2D eigenvalue weighted by Crippen LogP contribution is -2.43. The van der Waals surface area contributed by atoms with E-state index >= 15 is 0 Å². The van der Waals surface area contributed by atoms with Gasteiger partial charge in [-0.1, -0.05) is 48.5 Å². The third-order valence-electron chi connectivity index (χ3n) is 4.29. The van der Waals surface area contributed by atoms with Crippen LogP contribution in [-0.2, 0) is 0 Å². The lowest BCUT2D eigenvalue weighted by Gasteiger charge is -2.29. The zero-order valence-electron chi connectivity index (χ0n) is 13.8. The van der Waals surface area contributed by atoms with Gasteiger partial charge in [-0.25, -0.2) is 4.79 Å². The molecule has 4 heteroatoms. The van der Waals surface area contributed by atoms with Gasteiger partial charge in [0.15, 0.2) is 0 Å². The summed E-state index contributed by atoms with van der Waals surface area (Å²) in [6, 6.07) is 16.9. The first kappa shape index (κ1) is 16.1. The number of amides is 2. The Hall–Kier alpha value is -2.75. The molecule has 3 rings (SSSR count). The number of nitrogens with zero attached hydrogens (tertiary/aromatic N) is 1. The molecule has 1 atom stereocenters. The monoisotopic (exact) mass is 322 g/mol. The third kappa shape index (κ3) is 3.77. The zero-order valence-corrected chi connectivity index (χ0v) is 13.8. The van der Waals surface area contributed by atoms with Crippen LogP contribution in [0.2, 0.25) is 0 Å². The van der Waals surface area contributed by atoms with E-state index in [1.165, 1.54) is 5.57 Å². The van der Waals surface area contributed by atoms with Crippen molar-refractivity contribution in [3.05, 3.63) is 71.8 Å². The second-order valence-electron chi connectivity index (χ2n) is 6.07. The van der Waals surface area contributed by atoms with Gasteiger partial charge >= 0.3 is 6.03 Å². The van der Waals surface area contributed by atoms with Crippen molar-refractivity contribution in [2.24, 2.45) is 0 Å². The highest BCUT2D eigenvalue weighted by molar-refractivity contribution is 5.79. The van der Waals surface area contributed by atoms with Gasteiger partial charge in [0.05, 0.1) is 6.04 Å². The molecule has 0 saturated carbocycles. The molecular weight excluding hydrogens is 300 g/mol. The summed E-state index contributed by atoms with van der Waals surface area (Å²) in [5.41, 5.74) is 3.23. The average Bonchev–Trinajstić information content (AvgIpc) is 2.62. The minimum atomic E-state index is -0.157. The maximum absolute atomic E-state index is 12.6. The van der Waals surface area contributed by atoms with Crippen LogP contribution in [0, 0.1) is 0 Å². The molecule has 1 heterocycles. The number of rotatable bonds is 3. The highest BCUT2D eigenvalue weighted by Gasteiger charge is 2.20. The number of hydrogen-bond acceptors (Lipinski definition) is 2. The van der Waals surface area contributed by atoms with Gasteiger partial charge in [-0.3, -0.25) is 0 Å². The Morgan fingerprint density at radius 2 is 1.96 bits per heavy atom. The van der Waals surface area contributed by atoms with Gasteiger partial charge in [0.1, 0.15) is 5.75 Å². The fourth-order valence-corrected chi connectivity index (χ4v) is 2.93. The molecule has 1 aliphatic rings. The third-order valence-corrected chi connectivity index (χ3v) is 4.29. The van der Waals surface area contributed by atoms with Crippen LogP contribution in [0.4, 0.5) is 4.79 Å². The van der Waals surface area contributed by atoms with Gasteiger partial charge in [-0.05, 0) is 42.2 Å². The molecule has 24 heavy (non-hydrogen) atoms. The molecule has 2 aromatic rings. The highest BCUT2D eigenvalue weighted by atomic mass is 16.3. The number of carbonyl (C=O) groups excluding carboxylic acids is 1. The summed E-state index contributed by atoms with van der Waals surface area (Å²) in [4.78, 5) is 14.4. The Labute approximate surface area is 142 Å². The van der Waals surface area contributed by atoms with E-state index in [1.807, 2.05) is 36.1 Å². The summed E-state index contributed by atoms with van der Waals surface area (Å²) < 4.78 is 0. The number of hydrogen-bond donors (Lipinski definition) is 2. The largest absolute Gasteiger partial charge is 0.508 e. The minimum absolute atomic E-state index is 0.0765. The molecule has 0 saturated heterocycles. The number of phenolic OH excluding ortho intramolecular Hbond substituents is 1. The number of benzene rings is 2. The van der Waals surface area contributed by atoms with E-state index in [2.05, 4.69) is 23.5 Å². The van der Waals surface area contributed by atoms with Crippen molar-refractivity contribution in [2.75, 3.05) is 13.1 Å². The second kappa shape index (κ2) is 7.21. The van der Waals surface area contributed by atoms with Gasteiger partial charge in [0.2, 0.25) is 0 Å². The highest BCUT2D eigenvalue weighted by Crippen LogP contribution is 2.22. The Kier molecular flexibility index (Phi) is 4.85. The fraction of sp³-hybridized carbons (Fsp3) is 0.250. The maximum atomic E-state index is 12.6. The van der Waals surface area contributed by atoms with Gasteiger partial charge in [-0.2, -0.15) is 0 Å². The maximum Gasteiger partial charge on any atom is 0.318 e. The first-order valence-electron chi connectivity index (χ1n) is 8.22. The second-order valence-corrected chi connectivity index (χ2v) is 6.07. The van der Waals surface area contributed by atoms with Crippen LogP contribution in [0.5, 0.6) is 5.75 Å². The number of aromatic hydroxyl groups is 1. The smallest absolute Gasteiger partial charge is 0.318 e. The average molecular weight is 322 g/mol. The first-order chi connectivity index (χ1) is 11.6. The van der Waals surface area contributed by atoms with E-state index in [9.17, 15) is 9.90 Å². The van der Waals surface area contributed by atoms with E-state index in [0.29, 0.717) is 6.54 Å². The summed E-state index contributed by atoms with van der Waals surface area (Å²) in [7, 11) is 0. The summed E-state index contributed by atoms with van der Waals surface area (Å²) in [6.07, 6.45) is 3.07. The number of urea groups is 1. The Morgan fingerprint density at radius 3 is 2.71 bits per heavy atom. The first-order valence-corrected chi connectivity index (χ1v) is 8.22. The molecule has 0 aliphatic carbocycles.